The molecule has 48 heavy (non-hydrogen) atoms. The predicted octanol–water partition coefficient (Wildman–Crippen LogP) is 6.58. The molecule has 2 saturated heterocycles. The van der Waals surface area contributed by atoms with Crippen LogP contribution in [0.15, 0.2) is 83.5 Å². The van der Waals surface area contributed by atoms with Crippen molar-refractivity contribution in [1.29, 1.82) is 0 Å². The van der Waals surface area contributed by atoms with Crippen LogP contribution in [0.25, 0.3) is 12.2 Å². The summed E-state index contributed by atoms with van der Waals surface area (Å²) in [6.45, 7) is 5.36. The number of benzene rings is 3. The van der Waals surface area contributed by atoms with Gasteiger partial charge in [-0.25, -0.2) is 14.7 Å². The fraction of sp³-hybridized carbons (Fsp3) is 0.324. The van der Waals surface area contributed by atoms with Gasteiger partial charge in [-0.05, 0) is 66.8 Å². The Morgan fingerprint density at radius 2 is 1.79 bits per heavy atom. The first kappa shape index (κ1) is 33.1. The van der Waals surface area contributed by atoms with Gasteiger partial charge in [-0.15, -0.1) is 0 Å². The number of anilines is 1. The molecule has 0 spiro atoms. The molecule has 11 heteroatoms. The first-order chi connectivity index (χ1) is 23.4. The number of carbonyl (C=O) groups is 2. The molecule has 3 aromatic carbocycles. The largest absolute Gasteiger partial charge is 0.493 e. The number of aromatic nitrogens is 1. The van der Waals surface area contributed by atoms with Gasteiger partial charge in [0.15, 0.2) is 17.6 Å². The van der Waals surface area contributed by atoms with Crippen molar-refractivity contribution in [2.45, 2.75) is 31.9 Å². The quantitative estimate of drug-likeness (QED) is 0.138. The molecule has 0 saturated carbocycles. The Bertz CT molecular complexity index is 1720. The molecule has 4 aromatic rings. The molecule has 0 radical (unpaired) electrons. The van der Waals surface area contributed by atoms with Gasteiger partial charge in [0.05, 0.1) is 26.0 Å². The number of rotatable bonds is 14. The van der Waals surface area contributed by atoms with Crippen LogP contribution in [-0.2, 0) is 22.5 Å². The minimum absolute atomic E-state index is 0.0189. The standard InChI is InChI=1S/C37H39ClN4O6/c1-45-32-14-11-28(23-34(32)46-22-6-17-40-18-20-41(21-19-40)31-10-5-9-29(38)24-31)12-15-33-36(43)42(37(44)48-33)25-30-26-47-35(39-30)16-13-27-7-3-2-4-8-27/h2-5,7-11,13-14,16,23-24,26,33H,6,12,15,17-22,25H2,1H3/b16-13+. The Labute approximate surface area is 285 Å². The summed E-state index contributed by atoms with van der Waals surface area (Å²) in [7, 11) is 1.61. The van der Waals surface area contributed by atoms with E-state index < -0.39 is 12.2 Å². The van der Waals surface area contributed by atoms with Crippen molar-refractivity contribution in [3.63, 3.8) is 0 Å². The average Bonchev–Trinajstić information content (AvgIpc) is 3.68. The van der Waals surface area contributed by atoms with Crippen molar-refractivity contribution >= 4 is 41.4 Å². The zero-order chi connectivity index (χ0) is 33.3. The Balaban J connectivity index is 0.949. The van der Waals surface area contributed by atoms with E-state index in [4.69, 9.17) is 30.2 Å². The van der Waals surface area contributed by atoms with Crippen LogP contribution in [0.5, 0.6) is 11.5 Å². The number of aryl methyl sites for hydroxylation is 1. The zero-order valence-electron chi connectivity index (χ0n) is 26.9. The van der Waals surface area contributed by atoms with Crippen molar-refractivity contribution in [1.82, 2.24) is 14.8 Å². The molecule has 2 fully saturated rings. The van der Waals surface area contributed by atoms with Crippen LogP contribution in [0.1, 0.15) is 35.6 Å². The fourth-order valence-corrected chi connectivity index (χ4v) is 6.03. The van der Waals surface area contributed by atoms with E-state index in [1.54, 1.807) is 13.2 Å². The minimum Gasteiger partial charge on any atom is -0.493 e. The molecular formula is C37H39ClN4O6. The highest BCUT2D eigenvalue weighted by Gasteiger charge is 2.40. The van der Waals surface area contributed by atoms with Gasteiger partial charge < -0.3 is 23.5 Å². The number of hydrogen-bond donors (Lipinski definition) is 0. The van der Waals surface area contributed by atoms with Gasteiger partial charge in [0.1, 0.15) is 6.26 Å². The van der Waals surface area contributed by atoms with Gasteiger partial charge in [0, 0.05) is 49.5 Å². The minimum atomic E-state index is -0.868. The number of amides is 2. The summed E-state index contributed by atoms with van der Waals surface area (Å²) < 4.78 is 22.6. The lowest BCUT2D eigenvalue weighted by Gasteiger charge is -2.36. The summed E-state index contributed by atoms with van der Waals surface area (Å²) in [6.07, 6.45) is 5.26. The molecule has 2 aliphatic heterocycles. The molecule has 0 N–H and O–H groups in total. The lowest BCUT2D eigenvalue weighted by molar-refractivity contribution is -0.130. The summed E-state index contributed by atoms with van der Waals surface area (Å²) >= 11 is 6.17. The van der Waals surface area contributed by atoms with E-state index in [2.05, 4.69) is 20.9 Å². The maximum atomic E-state index is 13.1. The van der Waals surface area contributed by atoms with Crippen LogP contribution in [0.3, 0.4) is 0 Å². The van der Waals surface area contributed by atoms with Crippen LogP contribution in [-0.4, -0.2) is 79.3 Å². The lowest BCUT2D eigenvalue weighted by atomic mass is 10.1. The van der Waals surface area contributed by atoms with Gasteiger partial charge in [-0.2, -0.15) is 0 Å². The number of piperazine rings is 1. The molecule has 1 aromatic heterocycles. The summed E-state index contributed by atoms with van der Waals surface area (Å²) in [5.41, 5.74) is 3.59. The van der Waals surface area contributed by atoms with E-state index in [0.29, 0.717) is 42.5 Å². The topological polar surface area (TPSA) is 97.6 Å². The molecule has 1 atom stereocenters. The van der Waals surface area contributed by atoms with Crippen molar-refractivity contribution in [2.75, 3.05) is 51.3 Å². The Hall–Kier alpha value is -4.80. The van der Waals surface area contributed by atoms with E-state index in [-0.39, 0.29) is 12.5 Å². The van der Waals surface area contributed by atoms with Crippen LogP contribution in [0.2, 0.25) is 5.02 Å². The van der Waals surface area contributed by atoms with Crippen LogP contribution in [0.4, 0.5) is 10.5 Å². The molecule has 1 unspecified atom stereocenters. The van der Waals surface area contributed by atoms with Gasteiger partial charge >= 0.3 is 6.09 Å². The van der Waals surface area contributed by atoms with Gasteiger partial charge in [0.2, 0.25) is 5.89 Å². The molecule has 10 nitrogen and oxygen atoms in total. The highest BCUT2D eigenvalue weighted by molar-refractivity contribution is 6.30. The Morgan fingerprint density at radius 1 is 0.958 bits per heavy atom. The van der Waals surface area contributed by atoms with E-state index in [9.17, 15) is 9.59 Å². The van der Waals surface area contributed by atoms with Crippen molar-refractivity contribution in [3.8, 4) is 11.5 Å². The highest BCUT2D eigenvalue weighted by Crippen LogP contribution is 2.30. The highest BCUT2D eigenvalue weighted by atomic mass is 35.5. The zero-order valence-corrected chi connectivity index (χ0v) is 27.7. The predicted molar refractivity (Wildman–Crippen MR) is 184 cm³/mol. The molecule has 2 amide bonds. The number of ether oxygens (including phenoxy) is 3. The van der Waals surface area contributed by atoms with Crippen LogP contribution >= 0.6 is 11.6 Å². The van der Waals surface area contributed by atoms with E-state index in [1.165, 1.54) is 12.0 Å². The average molecular weight is 671 g/mol. The second-order valence-corrected chi connectivity index (χ2v) is 12.2. The second-order valence-electron chi connectivity index (χ2n) is 11.8. The number of halogens is 1. The molecule has 0 aliphatic carbocycles. The van der Waals surface area contributed by atoms with Crippen molar-refractivity contribution < 1.29 is 28.2 Å². The normalized spacial score (nSPS) is 16.9. The smallest absolute Gasteiger partial charge is 0.417 e. The number of carbonyl (C=O) groups excluding carboxylic acids is 2. The first-order valence-electron chi connectivity index (χ1n) is 16.2. The molecule has 6 rings (SSSR count). The fourth-order valence-electron chi connectivity index (χ4n) is 5.85. The van der Waals surface area contributed by atoms with Gasteiger partial charge in [-0.3, -0.25) is 9.69 Å². The molecule has 2 aliphatic rings. The Kier molecular flexibility index (Phi) is 10.9. The number of methoxy groups -OCH3 is 1. The summed E-state index contributed by atoms with van der Waals surface area (Å²) in [4.78, 5) is 35.9. The molecule has 0 bridgehead atoms. The van der Waals surface area contributed by atoms with Crippen LogP contribution < -0.4 is 14.4 Å². The van der Waals surface area contributed by atoms with Crippen molar-refractivity contribution in [3.05, 3.63) is 107 Å². The van der Waals surface area contributed by atoms with Gasteiger partial charge in [0.25, 0.3) is 5.91 Å². The summed E-state index contributed by atoms with van der Waals surface area (Å²) in [5.74, 6) is 1.30. The molecular weight excluding hydrogens is 632 g/mol. The van der Waals surface area contributed by atoms with E-state index in [1.807, 2.05) is 72.8 Å². The number of cyclic esters (lactones) is 1. The summed E-state index contributed by atoms with van der Waals surface area (Å²) in [6, 6.07) is 23.5. The van der Waals surface area contributed by atoms with E-state index in [0.717, 1.165) is 60.2 Å². The van der Waals surface area contributed by atoms with Gasteiger partial charge in [-0.1, -0.05) is 54.1 Å². The number of hydrogen-bond acceptors (Lipinski definition) is 9. The monoisotopic (exact) mass is 670 g/mol. The molecule has 250 valence electrons. The molecule has 3 heterocycles. The van der Waals surface area contributed by atoms with Crippen LogP contribution in [0, 0.1) is 0 Å². The lowest BCUT2D eigenvalue weighted by Crippen LogP contribution is -2.46. The third-order valence-electron chi connectivity index (χ3n) is 8.46. The maximum Gasteiger partial charge on any atom is 0.417 e. The number of nitrogens with zero attached hydrogens (tertiary/aromatic N) is 4. The second kappa shape index (κ2) is 15.9. The first-order valence-corrected chi connectivity index (χ1v) is 16.5. The van der Waals surface area contributed by atoms with Crippen molar-refractivity contribution in [2.24, 2.45) is 0 Å². The van der Waals surface area contributed by atoms with E-state index >= 15 is 0 Å². The Morgan fingerprint density at radius 3 is 2.58 bits per heavy atom. The number of imide groups is 1. The SMILES string of the molecule is COc1ccc(CCC2OC(=O)N(Cc3coc(/C=C/c4ccccc4)n3)C2=O)cc1OCCCN1CCN(c2cccc(Cl)c2)CC1. The third-order valence-corrected chi connectivity index (χ3v) is 8.69. The maximum absolute atomic E-state index is 13.1. The third kappa shape index (κ3) is 8.56. The summed E-state index contributed by atoms with van der Waals surface area (Å²) in [5, 5.41) is 0.759. The number of oxazole rings is 1.